The first-order valence-electron chi connectivity index (χ1n) is 8.38. The molecule has 0 radical (unpaired) electrons. The summed E-state index contributed by atoms with van der Waals surface area (Å²) in [5.74, 6) is -4.56. The zero-order chi connectivity index (χ0) is 20.4. The van der Waals surface area contributed by atoms with Gasteiger partial charge in [-0.3, -0.25) is 5.21 Å². The molecule has 2 rings (SSSR count). The van der Waals surface area contributed by atoms with Crippen molar-refractivity contribution in [2.75, 3.05) is 13.2 Å². The molecule has 0 aromatic rings. The molecule has 0 bridgehead atoms. The Hall–Kier alpha value is -1.99. The number of aliphatic hydroxyl groups excluding tert-OH is 3. The number of aliphatic hydroxyl groups is 4. The molecule has 1 saturated heterocycles. The lowest BCUT2D eigenvalue weighted by molar-refractivity contribution is -0.817. The summed E-state index contributed by atoms with van der Waals surface area (Å²) in [5, 5.41) is 60.4. The molecule has 0 aromatic heterocycles. The van der Waals surface area contributed by atoms with E-state index in [0.717, 1.165) is 4.74 Å². The molecule has 0 aliphatic carbocycles. The number of hydroxylamine groups is 1. The molecule has 154 valence electrons. The quantitative estimate of drug-likeness (QED) is 0.186. The van der Waals surface area contributed by atoms with Crippen LogP contribution >= 0.6 is 0 Å². The Morgan fingerprint density at radius 2 is 2.11 bits per heavy atom. The maximum atomic E-state index is 11.8. The second-order valence-electron chi connectivity index (χ2n) is 7.02. The van der Waals surface area contributed by atoms with Gasteiger partial charge in [0.25, 0.3) is 5.79 Å². The van der Waals surface area contributed by atoms with Gasteiger partial charge >= 0.3 is 12.1 Å². The highest BCUT2D eigenvalue weighted by molar-refractivity contribution is 5.75. The molecule has 12 heteroatoms. The van der Waals surface area contributed by atoms with Gasteiger partial charge in [0.05, 0.1) is 6.10 Å². The predicted octanol–water partition coefficient (Wildman–Crippen LogP) is -2.62. The average Bonchev–Trinajstić information content (AvgIpc) is 2.93. The number of ether oxygens (including phenoxy) is 2. The van der Waals surface area contributed by atoms with Crippen LogP contribution in [0.2, 0.25) is 0 Å². The summed E-state index contributed by atoms with van der Waals surface area (Å²) in [6.45, 7) is 1.07. The fraction of sp³-hybridized carbons (Fsp3) is 0.800. The van der Waals surface area contributed by atoms with E-state index >= 15 is 0 Å². The normalized spacial score (nSPS) is 37.4. The van der Waals surface area contributed by atoms with Crippen LogP contribution in [0.3, 0.4) is 0 Å². The molecule has 2 heterocycles. The summed E-state index contributed by atoms with van der Waals surface area (Å²) in [6, 6.07) is 0. The molecule has 6 atom stereocenters. The highest BCUT2D eigenvalue weighted by Crippen LogP contribution is 2.29. The molecule has 1 fully saturated rings. The van der Waals surface area contributed by atoms with Crippen molar-refractivity contribution in [3.8, 4) is 0 Å². The molecule has 2 aliphatic heterocycles. The SMILES string of the molecule is CC1(COC(=O)NC[C@@H](O)C2OC(O)(C(=O)O)CC(O)[C@H]2O)CCC=[N+]1O. The third-order valence-corrected chi connectivity index (χ3v) is 4.77. The van der Waals surface area contributed by atoms with Gasteiger partial charge in [-0.15, -0.1) is 0 Å². The number of amides is 1. The largest absolute Gasteiger partial charge is 0.477 e. The molecular formula is C15H25N2O10+. The van der Waals surface area contributed by atoms with Gasteiger partial charge in [-0.2, -0.15) is 0 Å². The molecule has 0 spiro atoms. The van der Waals surface area contributed by atoms with E-state index in [4.69, 9.17) is 14.6 Å². The van der Waals surface area contributed by atoms with Crippen LogP contribution in [-0.2, 0) is 14.3 Å². The number of hydrogen-bond donors (Lipinski definition) is 7. The van der Waals surface area contributed by atoms with Gasteiger partial charge in [0.2, 0.25) is 5.54 Å². The topological polar surface area (TPSA) is 189 Å². The Morgan fingerprint density at radius 3 is 2.67 bits per heavy atom. The Bertz CT molecular complexity index is 613. The van der Waals surface area contributed by atoms with Crippen LogP contribution in [-0.4, -0.2) is 103 Å². The number of alkyl carbamates (subject to hydrolysis) is 1. The van der Waals surface area contributed by atoms with Gasteiger partial charge in [0, 0.05) is 32.7 Å². The van der Waals surface area contributed by atoms with Gasteiger partial charge in [0.1, 0.15) is 18.3 Å². The van der Waals surface area contributed by atoms with Crippen LogP contribution in [0.15, 0.2) is 0 Å². The van der Waals surface area contributed by atoms with Crippen LogP contribution in [0.4, 0.5) is 4.79 Å². The zero-order valence-corrected chi connectivity index (χ0v) is 14.7. The number of nitrogens with one attached hydrogen (secondary N) is 1. The number of carboxylic acids is 1. The van der Waals surface area contributed by atoms with Crippen molar-refractivity contribution in [1.29, 1.82) is 0 Å². The fourth-order valence-corrected chi connectivity index (χ4v) is 2.96. The molecule has 2 aliphatic rings. The Balaban J connectivity index is 1.86. The smallest absolute Gasteiger partial charge is 0.407 e. The van der Waals surface area contributed by atoms with Crippen molar-refractivity contribution in [2.24, 2.45) is 0 Å². The third kappa shape index (κ3) is 4.65. The summed E-state index contributed by atoms with van der Waals surface area (Å²) in [7, 11) is 0. The van der Waals surface area contributed by atoms with Crippen molar-refractivity contribution in [2.45, 2.75) is 61.9 Å². The van der Waals surface area contributed by atoms with Gasteiger partial charge < -0.3 is 40.3 Å². The van der Waals surface area contributed by atoms with E-state index < -0.39 is 60.8 Å². The van der Waals surface area contributed by atoms with Crippen LogP contribution in [0.1, 0.15) is 26.2 Å². The van der Waals surface area contributed by atoms with Crippen molar-refractivity contribution >= 4 is 18.3 Å². The van der Waals surface area contributed by atoms with E-state index in [1.54, 1.807) is 13.1 Å². The van der Waals surface area contributed by atoms with E-state index in [1.165, 1.54) is 0 Å². The lowest BCUT2D eigenvalue weighted by Crippen LogP contribution is -2.62. The average molecular weight is 393 g/mol. The highest BCUT2D eigenvalue weighted by atomic mass is 16.7. The Morgan fingerprint density at radius 1 is 1.44 bits per heavy atom. The summed E-state index contributed by atoms with van der Waals surface area (Å²) in [5.41, 5.74) is -0.763. The second kappa shape index (κ2) is 7.94. The highest BCUT2D eigenvalue weighted by Gasteiger charge is 2.52. The van der Waals surface area contributed by atoms with Crippen LogP contribution in [0.25, 0.3) is 0 Å². The zero-order valence-electron chi connectivity index (χ0n) is 14.7. The van der Waals surface area contributed by atoms with Gasteiger partial charge in [-0.25, -0.2) is 9.59 Å². The number of aliphatic carboxylic acids is 1. The van der Waals surface area contributed by atoms with E-state index in [2.05, 4.69) is 5.32 Å². The first kappa shape index (κ1) is 21.3. The molecule has 0 aromatic carbocycles. The van der Waals surface area contributed by atoms with Crippen LogP contribution in [0.5, 0.6) is 0 Å². The first-order chi connectivity index (χ1) is 12.5. The molecular weight excluding hydrogens is 368 g/mol. The molecule has 0 saturated carbocycles. The number of nitrogens with zero attached hydrogens (tertiary/aromatic N) is 1. The number of carbonyl (C=O) groups is 2. The lowest BCUT2D eigenvalue weighted by Gasteiger charge is -2.41. The minimum absolute atomic E-state index is 0.123. The van der Waals surface area contributed by atoms with Crippen molar-refractivity contribution in [1.82, 2.24) is 5.32 Å². The van der Waals surface area contributed by atoms with Crippen molar-refractivity contribution in [3.63, 3.8) is 0 Å². The van der Waals surface area contributed by atoms with Gasteiger partial charge in [-0.1, -0.05) is 0 Å². The van der Waals surface area contributed by atoms with E-state index in [-0.39, 0.29) is 6.61 Å². The summed E-state index contributed by atoms with van der Waals surface area (Å²) < 4.78 is 10.8. The summed E-state index contributed by atoms with van der Waals surface area (Å²) in [4.78, 5) is 22.8. The van der Waals surface area contributed by atoms with Gasteiger partial charge in [-0.05, 0) is 4.74 Å². The number of carbonyl (C=O) groups excluding carboxylic acids is 1. The summed E-state index contributed by atoms with van der Waals surface area (Å²) >= 11 is 0. The number of hydrogen-bond acceptors (Lipinski definition) is 9. The fourth-order valence-electron chi connectivity index (χ4n) is 2.96. The first-order valence-corrected chi connectivity index (χ1v) is 8.38. The predicted molar refractivity (Wildman–Crippen MR) is 85.2 cm³/mol. The minimum Gasteiger partial charge on any atom is -0.477 e. The molecule has 27 heavy (non-hydrogen) atoms. The molecule has 7 N–H and O–H groups in total. The number of carboxylic acid groups (broad SMARTS) is 1. The van der Waals surface area contributed by atoms with E-state index in [1.807, 2.05) is 0 Å². The van der Waals surface area contributed by atoms with Crippen molar-refractivity contribution in [3.05, 3.63) is 0 Å². The lowest BCUT2D eigenvalue weighted by atomic mass is 9.92. The van der Waals surface area contributed by atoms with Gasteiger partial charge in [0.15, 0.2) is 12.8 Å². The monoisotopic (exact) mass is 393 g/mol. The molecule has 12 nitrogen and oxygen atoms in total. The van der Waals surface area contributed by atoms with E-state index in [0.29, 0.717) is 12.8 Å². The standard InChI is InChI=1S/C15H24N2O10/c1-14(3-2-4-17(14)25)7-26-13(23)16-6-9(19)11-10(20)8(18)5-15(24,27-11)12(21)22/h4,8-11,18-20,24H,2-3,5-7H2,1H3,(H2-,16,21,22,23,25)/p+1/t8?,9-,10-,11?,14?,15?/m1/s1. The second-order valence-corrected chi connectivity index (χ2v) is 7.02. The number of rotatable bonds is 6. The maximum absolute atomic E-state index is 11.8. The van der Waals surface area contributed by atoms with Crippen molar-refractivity contribution < 1.29 is 54.5 Å². The van der Waals surface area contributed by atoms with E-state index in [9.17, 15) is 35.2 Å². The maximum Gasteiger partial charge on any atom is 0.407 e. The third-order valence-electron chi connectivity index (χ3n) is 4.77. The Labute approximate surface area is 154 Å². The molecule has 4 unspecified atom stereocenters. The minimum atomic E-state index is -2.77. The summed E-state index contributed by atoms with van der Waals surface area (Å²) in [6.07, 6.45) is -5.57. The van der Waals surface area contributed by atoms with Crippen LogP contribution in [0, 0.1) is 0 Å². The molecule has 1 amide bonds. The Kier molecular flexibility index (Phi) is 6.27. The van der Waals surface area contributed by atoms with Crippen LogP contribution < -0.4 is 5.32 Å².